The van der Waals surface area contributed by atoms with E-state index >= 15 is 0 Å². The Bertz CT molecular complexity index is 632. The number of nitrogen functional groups attached to an aromatic ring is 1. The zero-order valence-corrected chi connectivity index (χ0v) is 12.1. The Kier molecular flexibility index (Phi) is 4.94. The van der Waals surface area contributed by atoms with Gasteiger partial charge in [0.1, 0.15) is 23.7 Å². The zero-order valence-electron chi connectivity index (χ0n) is 11.4. The average Bonchev–Trinajstić information content (AvgIpc) is 2.47. The Hall–Kier alpha value is -2.34. The lowest BCUT2D eigenvalue weighted by Crippen LogP contribution is -2.12. The van der Waals surface area contributed by atoms with E-state index in [4.69, 9.17) is 26.8 Å². The molecule has 0 aliphatic rings. The second-order valence-electron chi connectivity index (χ2n) is 4.05. The molecule has 1 heterocycles. The third-order valence-electron chi connectivity index (χ3n) is 2.55. The van der Waals surface area contributed by atoms with Gasteiger partial charge in [-0.25, -0.2) is 14.8 Å². The Balaban J connectivity index is 2.03. The standard InChI is InChI=1S/C14H14ClN3O3/c1-2-20-14(19)11-7-17-12(18-13(11)16)8-21-10-5-3-9(15)4-6-10/h3-7H,2,8H2,1H3,(H2,16,17,18). The third kappa shape index (κ3) is 4.06. The first-order chi connectivity index (χ1) is 10.1. The highest BCUT2D eigenvalue weighted by Crippen LogP contribution is 2.17. The van der Waals surface area contributed by atoms with E-state index in [0.717, 1.165) is 0 Å². The first kappa shape index (κ1) is 15.1. The maximum absolute atomic E-state index is 11.6. The highest BCUT2D eigenvalue weighted by molar-refractivity contribution is 6.30. The second-order valence-corrected chi connectivity index (χ2v) is 4.48. The topological polar surface area (TPSA) is 87.3 Å². The third-order valence-corrected chi connectivity index (χ3v) is 2.80. The van der Waals surface area contributed by atoms with Gasteiger partial charge in [-0.1, -0.05) is 11.6 Å². The van der Waals surface area contributed by atoms with Crippen molar-refractivity contribution in [3.63, 3.8) is 0 Å². The summed E-state index contributed by atoms with van der Waals surface area (Å²) < 4.78 is 10.3. The van der Waals surface area contributed by atoms with E-state index in [1.54, 1.807) is 31.2 Å². The van der Waals surface area contributed by atoms with Gasteiger partial charge in [0, 0.05) is 11.2 Å². The van der Waals surface area contributed by atoms with Gasteiger partial charge >= 0.3 is 5.97 Å². The van der Waals surface area contributed by atoms with Crippen LogP contribution in [0.4, 0.5) is 5.82 Å². The molecule has 2 N–H and O–H groups in total. The van der Waals surface area contributed by atoms with Crippen LogP contribution in [0.25, 0.3) is 0 Å². The molecule has 6 nitrogen and oxygen atoms in total. The number of esters is 1. The van der Waals surface area contributed by atoms with Gasteiger partial charge in [0.05, 0.1) is 6.61 Å². The molecule has 0 atom stereocenters. The molecule has 0 unspecified atom stereocenters. The molecule has 2 aromatic rings. The second kappa shape index (κ2) is 6.90. The Labute approximate surface area is 126 Å². The fraction of sp³-hybridized carbons (Fsp3) is 0.214. The van der Waals surface area contributed by atoms with E-state index in [2.05, 4.69) is 9.97 Å². The number of nitrogens with two attached hydrogens (primary N) is 1. The van der Waals surface area contributed by atoms with Gasteiger partial charge < -0.3 is 15.2 Å². The van der Waals surface area contributed by atoms with Crippen LogP contribution >= 0.6 is 11.6 Å². The van der Waals surface area contributed by atoms with Crippen molar-refractivity contribution < 1.29 is 14.3 Å². The number of hydrogen-bond acceptors (Lipinski definition) is 6. The summed E-state index contributed by atoms with van der Waals surface area (Å²) in [5.74, 6) is 0.532. The monoisotopic (exact) mass is 307 g/mol. The Morgan fingerprint density at radius 3 is 2.67 bits per heavy atom. The van der Waals surface area contributed by atoms with E-state index in [9.17, 15) is 4.79 Å². The first-order valence-corrected chi connectivity index (χ1v) is 6.65. The lowest BCUT2D eigenvalue weighted by Gasteiger charge is -2.08. The molecule has 1 aromatic heterocycles. The molecule has 7 heteroatoms. The number of aromatic nitrogens is 2. The van der Waals surface area contributed by atoms with Crippen molar-refractivity contribution in [1.82, 2.24) is 9.97 Å². The summed E-state index contributed by atoms with van der Waals surface area (Å²) in [5.41, 5.74) is 5.86. The van der Waals surface area contributed by atoms with Crippen LogP contribution in [-0.4, -0.2) is 22.5 Å². The van der Waals surface area contributed by atoms with E-state index in [0.29, 0.717) is 16.6 Å². The van der Waals surface area contributed by atoms with Crippen LogP contribution in [0, 0.1) is 0 Å². The zero-order chi connectivity index (χ0) is 15.2. The van der Waals surface area contributed by atoms with Crippen LogP contribution in [0.5, 0.6) is 5.75 Å². The van der Waals surface area contributed by atoms with Crippen molar-refractivity contribution in [3.8, 4) is 5.75 Å². The molecule has 0 fully saturated rings. The molecule has 0 spiro atoms. The predicted octanol–water partition coefficient (Wildman–Crippen LogP) is 2.47. The quantitative estimate of drug-likeness (QED) is 0.854. The minimum Gasteiger partial charge on any atom is -0.486 e. The normalized spacial score (nSPS) is 10.2. The number of nitrogens with zero attached hydrogens (tertiary/aromatic N) is 2. The van der Waals surface area contributed by atoms with Crippen LogP contribution in [0.15, 0.2) is 30.5 Å². The molecule has 0 bridgehead atoms. The number of carbonyl (C=O) groups is 1. The molecular weight excluding hydrogens is 294 g/mol. The molecule has 0 saturated heterocycles. The summed E-state index contributed by atoms with van der Waals surface area (Å²) in [7, 11) is 0. The number of anilines is 1. The Morgan fingerprint density at radius 2 is 2.05 bits per heavy atom. The lowest BCUT2D eigenvalue weighted by molar-refractivity contribution is 0.0526. The van der Waals surface area contributed by atoms with Crippen molar-refractivity contribution >= 4 is 23.4 Å². The number of ether oxygens (including phenoxy) is 2. The highest BCUT2D eigenvalue weighted by atomic mass is 35.5. The van der Waals surface area contributed by atoms with Crippen molar-refractivity contribution in [2.45, 2.75) is 13.5 Å². The number of hydrogen-bond donors (Lipinski definition) is 1. The largest absolute Gasteiger partial charge is 0.486 e. The number of rotatable bonds is 5. The summed E-state index contributed by atoms with van der Waals surface area (Å²) in [5, 5.41) is 0.627. The van der Waals surface area contributed by atoms with Crippen molar-refractivity contribution in [2.75, 3.05) is 12.3 Å². The van der Waals surface area contributed by atoms with Crippen molar-refractivity contribution in [3.05, 3.63) is 46.9 Å². The van der Waals surface area contributed by atoms with Gasteiger partial charge in [0.2, 0.25) is 0 Å². The van der Waals surface area contributed by atoms with Gasteiger partial charge in [-0.05, 0) is 31.2 Å². The molecule has 0 aliphatic heterocycles. The predicted molar refractivity (Wildman–Crippen MR) is 78.2 cm³/mol. The van der Waals surface area contributed by atoms with E-state index in [-0.39, 0.29) is 24.6 Å². The van der Waals surface area contributed by atoms with Crippen LogP contribution in [-0.2, 0) is 11.3 Å². The number of carbonyl (C=O) groups excluding carboxylic acids is 1. The Morgan fingerprint density at radius 1 is 1.33 bits per heavy atom. The summed E-state index contributed by atoms with van der Waals surface area (Å²) in [6.45, 7) is 2.11. The molecule has 0 saturated carbocycles. The van der Waals surface area contributed by atoms with Crippen molar-refractivity contribution in [2.24, 2.45) is 0 Å². The molecule has 21 heavy (non-hydrogen) atoms. The average molecular weight is 308 g/mol. The van der Waals surface area contributed by atoms with Crippen LogP contribution in [0.2, 0.25) is 5.02 Å². The van der Waals surface area contributed by atoms with Gasteiger partial charge in [0.25, 0.3) is 0 Å². The molecule has 0 aliphatic carbocycles. The van der Waals surface area contributed by atoms with Gasteiger partial charge in [-0.15, -0.1) is 0 Å². The molecule has 110 valence electrons. The van der Waals surface area contributed by atoms with Crippen LogP contribution in [0.3, 0.4) is 0 Å². The number of benzene rings is 1. The number of halogens is 1. The fourth-order valence-electron chi connectivity index (χ4n) is 1.55. The summed E-state index contributed by atoms with van der Waals surface area (Å²) >= 11 is 5.78. The SMILES string of the molecule is CCOC(=O)c1cnc(COc2ccc(Cl)cc2)nc1N. The first-order valence-electron chi connectivity index (χ1n) is 6.27. The van der Waals surface area contributed by atoms with Gasteiger partial charge in [-0.3, -0.25) is 0 Å². The van der Waals surface area contributed by atoms with Crippen LogP contribution < -0.4 is 10.5 Å². The summed E-state index contributed by atoms with van der Waals surface area (Å²) in [6, 6.07) is 6.91. The lowest BCUT2D eigenvalue weighted by atomic mass is 10.3. The van der Waals surface area contributed by atoms with Gasteiger partial charge in [0.15, 0.2) is 5.82 Å². The smallest absolute Gasteiger partial charge is 0.343 e. The molecule has 0 radical (unpaired) electrons. The summed E-state index contributed by atoms with van der Waals surface area (Å²) in [4.78, 5) is 19.6. The summed E-state index contributed by atoms with van der Waals surface area (Å²) in [6.07, 6.45) is 1.33. The fourth-order valence-corrected chi connectivity index (χ4v) is 1.67. The molecule has 2 rings (SSSR count). The highest BCUT2D eigenvalue weighted by Gasteiger charge is 2.13. The molecule has 1 aromatic carbocycles. The van der Waals surface area contributed by atoms with E-state index in [1.165, 1.54) is 6.20 Å². The van der Waals surface area contributed by atoms with Gasteiger partial charge in [-0.2, -0.15) is 0 Å². The van der Waals surface area contributed by atoms with Crippen LogP contribution in [0.1, 0.15) is 23.1 Å². The maximum Gasteiger partial charge on any atom is 0.343 e. The maximum atomic E-state index is 11.6. The minimum atomic E-state index is -0.542. The molecular formula is C14H14ClN3O3. The minimum absolute atomic E-state index is 0.0677. The van der Waals surface area contributed by atoms with E-state index < -0.39 is 5.97 Å². The van der Waals surface area contributed by atoms with E-state index in [1.807, 2.05) is 0 Å². The van der Waals surface area contributed by atoms with Crippen molar-refractivity contribution in [1.29, 1.82) is 0 Å². The molecule has 0 amide bonds.